The minimum Gasteiger partial charge on any atom is -0.360 e. The van der Waals surface area contributed by atoms with Crippen LogP contribution in [0.5, 0.6) is 0 Å². The van der Waals surface area contributed by atoms with Gasteiger partial charge in [-0.1, -0.05) is 6.07 Å². The molecule has 1 fully saturated rings. The summed E-state index contributed by atoms with van der Waals surface area (Å²) < 4.78 is 65.8. The Morgan fingerprint density at radius 3 is 2.46 bits per heavy atom. The highest BCUT2D eigenvalue weighted by molar-refractivity contribution is 7.93. The summed E-state index contributed by atoms with van der Waals surface area (Å²) in [7, 11) is -4.00. The molecule has 0 aliphatic heterocycles. The van der Waals surface area contributed by atoms with Crippen molar-refractivity contribution in [3.05, 3.63) is 48.2 Å². The van der Waals surface area contributed by atoms with Gasteiger partial charge in [-0.05, 0) is 25.0 Å². The molecule has 136 valence electrons. The highest BCUT2D eigenvalue weighted by atomic mass is 32.2. The fourth-order valence-corrected chi connectivity index (χ4v) is 3.86. The summed E-state index contributed by atoms with van der Waals surface area (Å²) in [6, 6.07) is 2.86. The summed E-state index contributed by atoms with van der Waals surface area (Å²) >= 11 is 0. The first-order valence-electron chi connectivity index (χ1n) is 7.77. The second-order valence-electron chi connectivity index (χ2n) is 6.12. The van der Waals surface area contributed by atoms with Gasteiger partial charge in [-0.15, -0.1) is 0 Å². The van der Waals surface area contributed by atoms with Crippen LogP contribution >= 0.6 is 0 Å². The summed E-state index contributed by atoms with van der Waals surface area (Å²) in [6.07, 6.45) is 1.48. The minimum absolute atomic E-state index is 0.0838. The number of rotatable bonds is 4. The van der Waals surface area contributed by atoms with Crippen molar-refractivity contribution in [3.8, 4) is 0 Å². The second kappa shape index (κ2) is 5.70. The van der Waals surface area contributed by atoms with E-state index in [-0.39, 0.29) is 21.5 Å². The van der Waals surface area contributed by atoms with Gasteiger partial charge in [0.15, 0.2) is 0 Å². The third-order valence-corrected chi connectivity index (χ3v) is 5.55. The monoisotopic (exact) mass is 382 g/mol. The van der Waals surface area contributed by atoms with E-state index in [1.165, 1.54) is 12.4 Å². The van der Waals surface area contributed by atoms with Crippen molar-refractivity contribution in [2.75, 3.05) is 4.72 Å². The molecule has 2 N–H and O–H groups in total. The minimum atomic E-state index is -4.50. The molecule has 1 aliphatic carbocycles. The SMILES string of the molecule is O=S(=O)(Nc1cnc(C2CC2)nc1)c1c[nH]c2cc(C(F)(F)F)ccc12. The molecule has 0 atom stereocenters. The number of aromatic nitrogens is 3. The topological polar surface area (TPSA) is 87.7 Å². The molecular weight excluding hydrogens is 369 g/mol. The van der Waals surface area contributed by atoms with Gasteiger partial charge in [0.25, 0.3) is 10.0 Å². The number of hydrogen-bond acceptors (Lipinski definition) is 4. The van der Waals surface area contributed by atoms with E-state index in [0.717, 1.165) is 37.2 Å². The lowest BCUT2D eigenvalue weighted by molar-refractivity contribution is -0.137. The van der Waals surface area contributed by atoms with Crippen molar-refractivity contribution < 1.29 is 21.6 Å². The fraction of sp³-hybridized carbons (Fsp3) is 0.250. The second-order valence-corrected chi connectivity index (χ2v) is 7.77. The molecule has 0 bridgehead atoms. The van der Waals surface area contributed by atoms with E-state index in [9.17, 15) is 21.6 Å². The van der Waals surface area contributed by atoms with Crippen molar-refractivity contribution in [2.45, 2.75) is 29.8 Å². The van der Waals surface area contributed by atoms with Crippen molar-refractivity contribution in [2.24, 2.45) is 0 Å². The van der Waals surface area contributed by atoms with Crippen LogP contribution in [0.4, 0.5) is 18.9 Å². The number of nitrogens with zero attached hydrogens (tertiary/aromatic N) is 2. The lowest BCUT2D eigenvalue weighted by Gasteiger charge is -2.08. The Morgan fingerprint density at radius 1 is 1.15 bits per heavy atom. The smallest absolute Gasteiger partial charge is 0.360 e. The summed E-state index contributed by atoms with van der Waals surface area (Å²) in [5, 5.41) is 0.168. The molecule has 1 aromatic carbocycles. The molecule has 2 aromatic heterocycles. The van der Waals surface area contributed by atoms with Crippen LogP contribution < -0.4 is 4.72 Å². The molecule has 3 aromatic rings. The van der Waals surface area contributed by atoms with Crippen molar-refractivity contribution >= 4 is 26.6 Å². The van der Waals surface area contributed by atoms with E-state index in [2.05, 4.69) is 19.7 Å². The third-order valence-electron chi connectivity index (χ3n) is 4.13. The Kier molecular flexibility index (Phi) is 3.69. The molecule has 2 heterocycles. The van der Waals surface area contributed by atoms with Crippen LogP contribution in [0, 0.1) is 0 Å². The summed E-state index contributed by atoms with van der Waals surface area (Å²) in [5.41, 5.74) is -0.580. The zero-order valence-corrected chi connectivity index (χ0v) is 14.0. The Hall–Kier alpha value is -2.62. The predicted octanol–water partition coefficient (Wildman–Crippen LogP) is 3.65. The summed E-state index contributed by atoms with van der Waals surface area (Å²) in [6.45, 7) is 0. The van der Waals surface area contributed by atoms with Gasteiger partial charge < -0.3 is 4.98 Å². The van der Waals surface area contributed by atoms with E-state index in [4.69, 9.17) is 0 Å². The zero-order valence-electron chi connectivity index (χ0n) is 13.2. The van der Waals surface area contributed by atoms with Crippen molar-refractivity contribution in [1.29, 1.82) is 0 Å². The lowest BCUT2D eigenvalue weighted by atomic mass is 10.1. The first kappa shape index (κ1) is 16.8. The first-order valence-corrected chi connectivity index (χ1v) is 9.25. The van der Waals surface area contributed by atoms with E-state index >= 15 is 0 Å². The molecule has 10 heteroatoms. The van der Waals surface area contributed by atoms with Gasteiger partial charge in [0.05, 0.1) is 23.6 Å². The molecule has 1 saturated carbocycles. The maximum Gasteiger partial charge on any atom is 0.416 e. The predicted molar refractivity (Wildman–Crippen MR) is 88.1 cm³/mol. The molecule has 26 heavy (non-hydrogen) atoms. The average molecular weight is 382 g/mol. The molecule has 1 aliphatic rings. The number of hydrogen-bond donors (Lipinski definition) is 2. The number of aromatic amines is 1. The number of alkyl halides is 3. The molecule has 0 spiro atoms. The Balaban J connectivity index is 1.64. The Labute approximate surface area is 146 Å². The fourth-order valence-electron chi connectivity index (χ4n) is 2.65. The number of nitrogens with one attached hydrogen (secondary N) is 2. The van der Waals surface area contributed by atoms with Crippen LogP contribution in [0.15, 0.2) is 41.7 Å². The zero-order chi connectivity index (χ0) is 18.5. The van der Waals surface area contributed by atoms with Gasteiger partial charge in [0.1, 0.15) is 10.7 Å². The number of fused-ring (bicyclic) bond motifs is 1. The van der Waals surface area contributed by atoms with Crippen LogP contribution in [0.3, 0.4) is 0 Å². The summed E-state index contributed by atoms with van der Waals surface area (Å²) in [5.74, 6) is 1.02. The normalized spacial score (nSPS) is 15.3. The van der Waals surface area contributed by atoms with Crippen LogP contribution in [0.2, 0.25) is 0 Å². The molecular formula is C16H13F3N4O2S. The van der Waals surface area contributed by atoms with Gasteiger partial charge in [0.2, 0.25) is 0 Å². The highest BCUT2D eigenvalue weighted by Crippen LogP contribution is 2.38. The third kappa shape index (κ3) is 3.12. The van der Waals surface area contributed by atoms with Crippen LogP contribution in [-0.2, 0) is 16.2 Å². The quantitative estimate of drug-likeness (QED) is 0.721. The molecule has 0 saturated heterocycles. The number of H-pyrrole nitrogens is 1. The highest BCUT2D eigenvalue weighted by Gasteiger charge is 2.31. The van der Waals surface area contributed by atoms with Gasteiger partial charge in [-0.3, -0.25) is 4.72 Å². The van der Waals surface area contributed by atoms with Crippen LogP contribution in [0.1, 0.15) is 30.1 Å². The van der Waals surface area contributed by atoms with Gasteiger partial charge >= 0.3 is 6.18 Å². The molecule has 0 radical (unpaired) electrons. The number of halogens is 3. The Morgan fingerprint density at radius 2 is 1.85 bits per heavy atom. The molecule has 0 unspecified atom stereocenters. The van der Waals surface area contributed by atoms with E-state index in [0.29, 0.717) is 11.7 Å². The number of anilines is 1. The van der Waals surface area contributed by atoms with E-state index in [1.807, 2.05) is 0 Å². The molecule has 6 nitrogen and oxygen atoms in total. The number of benzene rings is 1. The summed E-state index contributed by atoms with van der Waals surface area (Å²) in [4.78, 5) is 10.7. The maximum absolute atomic E-state index is 12.8. The van der Waals surface area contributed by atoms with Crippen molar-refractivity contribution in [3.63, 3.8) is 0 Å². The molecule has 4 rings (SSSR count). The maximum atomic E-state index is 12.8. The van der Waals surface area contributed by atoms with Crippen LogP contribution in [-0.4, -0.2) is 23.4 Å². The Bertz CT molecular complexity index is 1070. The average Bonchev–Trinajstić information content (AvgIpc) is 3.32. The standard InChI is InChI=1S/C16H13F3N4O2S/c17-16(18,19)10-3-4-12-13(5-10)20-8-14(12)26(24,25)23-11-6-21-15(22-7-11)9-1-2-9/h3-9,20,23H,1-2H2. The van der Waals surface area contributed by atoms with Gasteiger partial charge in [0, 0.05) is 23.0 Å². The number of sulfonamides is 1. The van der Waals surface area contributed by atoms with Crippen LogP contribution in [0.25, 0.3) is 10.9 Å². The largest absolute Gasteiger partial charge is 0.416 e. The van der Waals surface area contributed by atoms with E-state index < -0.39 is 21.8 Å². The van der Waals surface area contributed by atoms with Gasteiger partial charge in [-0.25, -0.2) is 18.4 Å². The van der Waals surface area contributed by atoms with Gasteiger partial charge in [-0.2, -0.15) is 13.2 Å². The first-order chi connectivity index (χ1) is 12.2. The van der Waals surface area contributed by atoms with E-state index in [1.54, 1.807) is 0 Å². The lowest BCUT2D eigenvalue weighted by Crippen LogP contribution is -2.13. The molecule has 0 amide bonds. The van der Waals surface area contributed by atoms with Crippen molar-refractivity contribution in [1.82, 2.24) is 15.0 Å².